The van der Waals surface area contributed by atoms with E-state index >= 15 is 0 Å². The summed E-state index contributed by atoms with van der Waals surface area (Å²) in [5, 5.41) is 4.96. The maximum atomic E-state index is 13.8. The number of aryl methyl sites for hydroxylation is 1. The van der Waals surface area contributed by atoms with Gasteiger partial charge in [-0.1, -0.05) is 91.7 Å². The van der Waals surface area contributed by atoms with Crippen LogP contribution in [0.25, 0.3) is 16.9 Å². The molecule has 4 nitrogen and oxygen atoms in total. The summed E-state index contributed by atoms with van der Waals surface area (Å²) in [5.74, 6) is -0.00371. The van der Waals surface area contributed by atoms with Crippen LogP contribution in [0.1, 0.15) is 40.5 Å². The van der Waals surface area contributed by atoms with Gasteiger partial charge in [-0.15, -0.1) is 0 Å². The molecular formula is C28H29N3O. The van der Waals surface area contributed by atoms with E-state index in [2.05, 4.69) is 32.0 Å². The second kappa shape index (κ2) is 9.65. The van der Waals surface area contributed by atoms with Crippen molar-refractivity contribution in [3.8, 4) is 16.9 Å². The Hall–Kier alpha value is -3.66. The second-order valence-electron chi connectivity index (χ2n) is 8.18. The zero-order chi connectivity index (χ0) is 22.5. The van der Waals surface area contributed by atoms with E-state index in [4.69, 9.17) is 5.10 Å². The van der Waals surface area contributed by atoms with Gasteiger partial charge in [-0.05, 0) is 31.0 Å². The Morgan fingerprint density at radius 3 is 2.28 bits per heavy atom. The molecule has 1 aromatic heterocycles. The number of hydrogen-bond donors (Lipinski definition) is 0. The number of amides is 1. The van der Waals surface area contributed by atoms with E-state index in [0.717, 1.165) is 41.0 Å². The average Bonchev–Trinajstić information content (AvgIpc) is 3.19. The van der Waals surface area contributed by atoms with Gasteiger partial charge >= 0.3 is 0 Å². The van der Waals surface area contributed by atoms with Crippen LogP contribution in [0, 0.1) is 6.92 Å². The first kappa shape index (κ1) is 21.6. The van der Waals surface area contributed by atoms with Crippen molar-refractivity contribution < 1.29 is 4.79 Å². The molecule has 0 fully saturated rings. The van der Waals surface area contributed by atoms with Crippen LogP contribution in [0.4, 0.5) is 0 Å². The zero-order valence-corrected chi connectivity index (χ0v) is 19.0. The minimum atomic E-state index is -0.00371. The van der Waals surface area contributed by atoms with Crippen LogP contribution in [0.3, 0.4) is 0 Å². The molecule has 1 amide bonds. The monoisotopic (exact) mass is 423 g/mol. The Labute approximate surface area is 190 Å². The van der Waals surface area contributed by atoms with Gasteiger partial charge in [0.15, 0.2) is 0 Å². The Kier molecular flexibility index (Phi) is 6.50. The fraction of sp³-hybridized carbons (Fsp3) is 0.214. The molecule has 1 heterocycles. The minimum Gasteiger partial charge on any atom is -0.337 e. The first-order valence-corrected chi connectivity index (χ1v) is 11.1. The summed E-state index contributed by atoms with van der Waals surface area (Å²) < 4.78 is 1.94. The lowest BCUT2D eigenvalue weighted by Gasteiger charge is -2.19. The molecule has 0 spiro atoms. The van der Waals surface area contributed by atoms with Gasteiger partial charge in [0.2, 0.25) is 0 Å². The molecule has 0 unspecified atom stereocenters. The maximum absolute atomic E-state index is 13.8. The summed E-state index contributed by atoms with van der Waals surface area (Å²) in [7, 11) is 1.87. The Morgan fingerprint density at radius 1 is 0.938 bits per heavy atom. The third kappa shape index (κ3) is 4.50. The van der Waals surface area contributed by atoms with Crippen molar-refractivity contribution in [2.24, 2.45) is 0 Å². The van der Waals surface area contributed by atoms with Crippen molar-refractivity contribution in [1.29, 1.82) is 0 Å². The number of rotatable bonds is 7. The highest BCUT2D eigenvalue weighted by molar-refractivity contribution is 6.01. The van der Waals surface area contributed by atoms with Crippen molar-refractivity contribution in [2.45, 2.75) is 33.2 Å². The van der Waals surface area contributed by atoms with E-state index in [1.807, 2.05) is 78.5 Å². The quantitative estimate of drug-likeness (QED) is 0.362. The van der Waals surface area contributed by atoms with Crippen molar-refractivity contribution in [2.75, 3.05) is 7.05 Å². The van der Waals surface area contributed by atoms with Gasteiger partial charge in [-0.25, -0.2) is 4.68 Å². The molecule has 0 aliphatic carbocycles. The number of hydrogen-bond acceptors (Lipinski definition) is 2. The molecule has 4 heteroatoms. The van der Waals surface area contributed by atoms with Crippen molar-refractivity contribution in [3.63, 3.8) is 0 Å². The largest absolute Gasteiger partial charge is 0.337 e. The Morgan fingerprint density at radius 2 is 1.62 bits per heavy atom. The van der Waals surface area contributed by atoms with Gasteiger partial charge in [-0.3, -0.25) is 4.79 Å². The smallest absolute Gasteiger partial charge is 0.258 e. The first-order valence-electron chi connectivity index (χ1n) is 11.1. The highest BCUT2D eigenvalue weighted by atomic mass is 16.2. The molecule has 32 heavy (non-hydrogen) atoms. The summed E-state index contributed by atoms with van der Waals surface area (Å²) in [5.41, 5.74) is 6.61. The van der Waals surface area contributed by atoms with Crippen molar-refractivity contribution in [3.05, 3.63) is 107 Å². The van der Waals surface area contributed by atoms with E-state index in [-0.39, 0.29) is 5.91 Å². The van der Waals surface area contributed by atoms with Gasteiger partial charge in [0, 0.05) is 19.2 Å². The zero-order valence-electron chi connectivity index (χ0n) is 19.0. The van der Waals surface area contributed by atoms with Crippen molar-refractivity contribution in [1.82, 2.24) is 14.7 Å². The van der Waals surface area contributed by atoms with Gasteiger partial charge in [0.05, 0.1) is 16.9 Å². The van der Waals surface area contributed by atoms with Crippen LogP contribution in [0.5, 0.6) is 0 Å². The highest BCUT2D eigenvalue weighted by Gasteiger charge is 2.27. The molecule has 0 radical (unpaired) electrons. The molecular weight excluding hydrogens is 394 g/mol. The second-order valence-corrected chi connectivity index (χ2v) is 8.18. The van der Waals surface area contributed by atoms with Crippen LogP contribution in [0.2, 0.25) is 0 Å². The molecule has 162 valence electrons. The van der Waals surface area contributed by atoms with E-state index in [1.165, 1.54) is 5.56 Å². The molecule has 3 aromatic carbocycles. The number of benzene rings is 3. The Bertz CT molecular complexity index is 1200. The topological polar surface area (TPSA) is 38.1 Å². The predicted octanol–water partition coefficient (Wildman–Crippen LogP) is 6.07. The lowest BCUT2D eigenvalue weighted by molar-refractivity contribution is 0.0784. The summed E-state index contributed by atoms with van der Waals surface area (Å²) in [4.78, 5) is 15.6. The molecule has 0 N–H and O–H groups in total. The number of aromatic nitrogens is 2. The third-order valence-corrected chi connectivity index (χ3v) is 5.58. The molecule has 0 aliphatic heterocycles. The van der Waals surface area contributed by atoms with Crippen LogP contribution in [-0.2, 0) is 13.0 Å². The van der Waals surface area contributed by atoms with Gasteiger partial charge < -0.3 is 4.90 Å². The van der Waals surface area contributed by atoms with Gasteiger partial charge in [0.25, 0.3) is 5.91 Å². The number of carbonyl (C=O) groups is 1. The van der Waals surface area contributed by atoms with E-state index < -0.39 is 0 Å². The Balaban J connectivity index is 1.83. The fourth-order valence-corrected chi connectivity index (χ4v) is 4.07. The average molecular weight is 424 g/mol. The molecule has 4 aromatic rings. The molecule has 0 saturated heterocycles. The molecule has 0 saturated carbocycles. The predicted molar refractivity (Wildman–Crippen MR) is 130 cm³/mol. The fourth-order valence-electron chi connectivity index (χ4n) is 4.07. The summed E-state index contributed by atoms with van der Waals surface area (Å²) >= 11 is 0. The number of carbonyl (C=O) groups excluding carboxylic acids is 1. The third-order valence-electron chi connectivity index (χ3n) is 5.58. The van der Waals surface area contributed by atoms with E-state index in [9.17, 15) is 4.79 Å². The van der Waals surface area contributed by atoms with Crippen molar-refractivity contribution >= 4 is 5.91 Å². The lowest BCUT2D eigenvalue weighted by atomic mass is 10.0. The van der Waals surface area contributed by atoms with Crippen LogP contribution < -0.4 is 0 Å². The first-order chi connectivity index (χ1) is 15.6. The normalized spacial score (nSPS) is 10.8. The number of para-hydroxylation sites is 1. The maximum Gasteiger partial charge on any atom is 0.258 e. The SMILES string of the molecule is CCCc1c(C(=O)N(C)Cc2cccc(C)c2)c(-c2ccccc2)nn1-c1ccccc1. The van der Waals surface area contributed by atoms with Crippen LogP contribution in [-0.4, -0.2) is 27.6 Å². The van der Waals surface area contributed by atoms with Gasteiger partial charge in [-0.2, -0.15) is 5.10 Å². The van der Waals surface area contributed by atoms with E-state index in [1.54, 1.807) is 4.90 Å². The molecule has 4 rings (SSSR count). The standard InChI is InChI=1S/C28H29N3O/c1-4-12-25-26(28(32)30(3)20-22-14-11-13-21(2)19-22)27(23-15-7-5-8-16-23)29-31(25)24-17-9-6-10-18-24/h5-11,13-19H,4,12,20H2,1-3H3. The number of nitrogens with zero attached hydrogens (tertiary/aromatic N) is 3. The molecule has 0 aliphatic rings. The molecule has 0 atom stereocenters. The minimum absolute atomic E-state index is 0.00371. The van der Waals surface area contributed by atoms with Crippen LogP contribution in [0.15, 0.2) is 84.9 Å². The lowest BCUT2D eigenvalue weighted by Crippen LogP contribution is -2.27. The summed E-state index contributed by atoms with van der Waals surface area (Å²) in [6, 6.07) is 28.4. The summed E-state index contributed by atoms with van der Waals surface area (Å²) in [6.45, 7) is 4.76. The molecule has 0 bridgehead atoms. The van der Waals surface area contributed by atoms with Gasteiger partial charge in [0.1, 0.15) is 5.69 Å². The van der Waals surface area contributed by atoms with Crippen LogP contribution >= 0.6 is 0 Å². The van der Waals surface area contributed by atoms with E-state index in [0.29, 0.717) is 12.1 Å². The summed E-state index contributed by atoms with van der Waals surface area (Å²) in [6.07, 6.45) is 1.70. The highest BCUT2D eigenvalue weighted by Crippen LogP contribution is 2.30.